The number of allylic oxidation sites excluding steroid dienone is 1. The van der Waals surface area contributed by atoms with E-state index in [0.717, 1.165) is 61.9 Å². The summed E-state index contributed by atoms with van der Waals surface area (Å²) in [6, 6.07) is 8.13. The number of ether oxygens (including phenoxy) is 1. The first-order valence-corrected chi connectivity index (χ1v) is 9.80. The van der Waals surface area contributed by atoms with Crippen LogP contribution in [0.5, 0.6) is 5.88 Å². The number of nitrogens with zero attached hydrogens (tertiary/aromatic N) is 4. The molecule has 0 unspecified atom stereocenters. The van der Waals surface area contributed by atoms with Gasteiger partial charge in [0.15, 0.2) is 0 Å². The number of anilines is 1. The molecule has 1 aromatic carbocycles. The molecular weight excluding hydrogens is 324 g/mol. The van der Waals surface area contributed by atoms with Gasteiger partial charge < -0.3 is 9.64 Å². The molecule has 0 radical (unpaired) electrons. The molecule has 3 rings (SSSR count). The minimum Gasteiger partial charge on any atom is -0.477 e. The van der Waals surface area contributed by atoms with Crippen LogP contribution in [-0.2, 0) is 0 Å². The van der Waals surface area contributed by atoms with Crippen molar-refractivity contribution in [3.05, 3.63) is 36.4 Å². The summed E-state index contributed by atoms with van der Waals surface area (Å²) in [6.45, 7) is 9.98. The lowest BCUT2D eigenvalue weighted by atomic mass is 10.2. The zero-order valence-electron chi connectivity index (χ0n) is 16.0. The first-order valence-electron chi connectivity index (χ1n) is 9.80. The summed E-state index contributed by atoms with van der Waals surface area (Å²) >= 11 is 0. The highest BCUT2D eigenvalue weighted by Gasteiger charge is 2.20. The van der Waals surface area contributed by atoms with Crippen LogP contribution in [-0.4, -0.2) is 54.2 Å². The summed E-state index contributed by atoms with van der Waals surface area (Å²) in [5.74, 6) is 1.51. The van der Waals surface area contributed by atoms with Crippen LogP contribution < -0.4 is 9.64 Å². The molecule has 1 aromatic heterocycles. The summed E-state index contributed by atoms with van der Waals surface area (Å²) in [4.78, 5) is 14.3. The van der Waals surface area contributed by atoms with E-state index >= 15 is 0 Å². The number of fused-ring (bicyclic) bond motifs is 1. The highest BCUT2D eigenvalue weighted by molar-refractivity contribution is 5.84. The van der Waals surface area contributed by atoms with E-state index in [1.165, 1.54) is 12.8 Å². The van der Waals surface area contributed by atoms with Crippen LogP contribution in [0, 0.1) is 0 Å². The maximum Gasteiger partial charge on any atom is 0.229 e. The molecule has 140 valence electrons. The lowest BCUT2D eigenvalue weighted by Gasteiger charge is -2.34. The number of aromatic nitrogens is 2. The van der Waals surface area contributed by atoms with Crippen LogP contribution in [0.1, 0.15) is 33.1 Å². The molecule has 26 heavy (non-hydrogen) atoms. The van der Waals surface area contributed by atoms with Crippen molar-refractivity contribution in [3.63, 3.8) is 0 Å². The van der Waals surface area contributed by atoms with Crippen LogP contribution in [0.2, 0.25) is 0 Å². The van der Waals surface area contributed by atoms with Gasteiger partial charge in [-0.3, -0.25) is 4.90 Å². The third-order valence-electron chi connectivity index (χ3n) is 4.80. The standard InChI is InChI=1S/C21H30N4O/c1-3-5-9-17-26-20-18-10-7-8-11-19(18)22-21(23-20)25-15-13-24(14-16-25)12-6-4-2/h4,6-8,10-11H,3,5,9,12-17H2,1-2H3/b6-4+. The second-order valence-corrected chi connectivity index (χ2v) is 6.76. The number of hydrogen-bond acceptors (Lipinski definition) is 5. The zero-order chi connectivity index (χ0) is 18.2. The van der Waals surface area contributed by atoms with Crippen molar-refractivity contribution in [1.29, 1.82) is 0 Å². The van der Waals surface area contributed by atoms with Crippen molar-refractivity contribution in [2.75, 3.05) is 44.2 Å². The molecule has 0 saturated carbocycles. The van der Waals surface area contributed by atoms with Crippen molar-refractivity contribution in [1.82, 2.24) is 14.9 Å². The quantitative estimate of drug-likeness (QED) is 0.531. The van der Waals surface area contributed by atoms with Gasteiger partial charge in [0.2, 0.25) is 11.8 Å². The van der Waals surface area contributed by atoms with Crippen molar-refractivity contribution < 1.29 is 4.74 Å². The van der Waals surface area contributed by atoms with Gasteiger partial charge in [0, 0.05) is 32.7 Å². The number of hydrogen-bond donors (Lipinski definition) is 0. The molecule has 1 aliphatic rings. The predicted molar refractivity (Wildman–Crippen MR) is 108 cm³/mol. The average Bonchev–Trinajstić information content (AvgIpc) is 2.69. The minimum absolute atomic E-state index is 0.714. The van der Waals surface area contributed by atoms with Gasteiger partial charge in [0.05, 0.1) is 17.5 Å². The third kappa shape index (κ3) is 4.73. The van der Waals surface area contributed by atoms with E-state index in [1.807, 2.05) is 24.3 Å². The minimum atomic E-state index is 0.714. The summed E-state index contributed by atoms with van der Waals surface area (Å²) in [6.07, 6.45) is 7.76. The maximum absolute atomic E-state index is 6.03. The van der Waals surface area contributed by atoms with E-state index in [1.54, 1.807) is 0 Å². The first kappa shape index (κ1) is 18.6. The number of benzene rings is 1. The van der Waals surface area contributed by atoms with E-state index in [2.05, 4.69) is 35.8 Å². The van der Waals surface area contributed by atoms with Gasteiger partial charge in [-0.2, -0.15) is 4.98 Å². The fraction of sp³-hybridized carbons (Fsp3) is 0.524. The van der Waals surface area contributed by atoms with E-state index in [0.29, 0.717) is 6.61 Å². The molecular formula is C21H30N4O. The summed E-state index contributed by atoms with van der Waals surface area (Å²) in [5.41, 5.74) is 0.958. The fourth-order valence-corrected chi connectivity index (χ4v) is 3.19. The summed E-state index contributed by atoms with van der Waals surface area (Å²) in [5, 5.41) is 1.000. The van der Waals surface area contributed by atoms with Gasteiger partial charge in [-0.05, 0) is 25.5 Å². The molecule has 0 aliphatic carbocycles. The Morgan fingerprint density at radius 2 is 1.88 bits per heavy atom. The van der Waals surface area contributed by atoms with E-state index in [-0.39, 0.29) is 0 Å². The largest absolute Gasteiger partial charge is 0.477 e. The molecule has 0 bridgehead atoms. The van der Waals surface area contributed by atoms with E-state index < -0.39 is 0 Å². The second kappa shape index (κ2) is 9.53. The van der Waals surface area contributed by atoms with Gasteiger partial charge in [-0.25, -0.2) is 4.98 Å². The molecule has 2 aromatic rings. The monoisotopic (exact) mass is 354 g/mol. The first-order chi connectivity index (χ1) is 12.8. The van der Waals surface area contributed by atoms with Gasteiger partial charge in [0.1, 0.15) is 0 Å². The fourth-order valence-electron chi connectivity index (χ4n) is 3.19. The van der Waals surface area contributed by atoms with Crippen molar-refractivity contribution >= 4 is 16.9 Å². The van der Waals surface area contributed by atoms with E-state index in [9.17, 15) is 0 Å². The lowest BCUT2D eigenvalue weighted by molar-refractivity contribution is 0.280. The van der Waals surface area contributed by atoms with Crippen molar-refractivity contribution in [2.24, 2.45) is 0 Å². The Labute approximate surface area is 156 Å². The Hall–Kier alpha value is -2.14. The molecule has 0 N–H and O–H groups in total. The number of piperazine rings is 1. The molecule has 1 saturated heterocycles. The smallest absolute Gasteiger partial charge is 0.229 e. The molecule has 0 spiro atoms. The van der Waals surface area contributed by atoms with E-state index in [4.69, 9.17) is 14.7 Å². The topological polar surface area (TPSA) is 41.5 Å². The highest BCUT2D eigenvalue weighted by atomic mass is 16.5. The van der Waals surface area contributed by atoms with Crippen LogP contribution in [0.15, 0.2) is 36.4 Å². The van der Waals surface area contributed by atoms with Gasteiger partial charge >= 0.3 is 0 Å². The predicted octanol–water partition coefficient (Wildman–Crippen LogP) is 3.90. The molecule has 0 atom stereocenters. The average molecular weight is 354 g/mol. The lowest BCUT2D eigenvalue weighted by Crippen LogP contribution is -2.47. The molecule has 0 amide bonds. The Morgan fingerprint density at radius 3 is 2.65 bits per heavy atom. The Balaban J connectivity index is 1.74. The number of rotatable bonds is 8. The van der Waals surface area contributed by atoms with Gasteiger partial charge in [-0.1, -0.05) is 44.1 Å². The summed E-state index contributed by atoms with van der Waals surface area (Å²) in [7, 11) is 0. The second-order valence-electron chi connectivity index (χ2n) is 6.76. The summed E-state index contributed by atoms with van der Waals surface area (Å²) < 4.78 is 6.03. The maximum atomic E-state index is 6.03. The molecule has 2 heterocycles. The highest BCUT2D eigenvalue weighted by Crippen LogP contribution is 2.26. The SMILES string of the molecule is C/C=C/CN1CCN(c2nc(OCCCCC)c3ccccc3n2)CC1. The third-order valence-corrected chi connectivity index (χ3v) is 4.80. The van der Waals surface area contributed by atoms with Crippen LogP contribution in [0.25, 0.3) is 10.9 Å². The van der Waals surface area contributed by atoms with Gasteiger partial charge in [-0.15, -0.1) is 0 Å². The number of para-hydroxylation sites is 1. The molecule has 1 fully saturated rings. The number of unbranched alkanes of at least 4 members (excludes halogenated alkanes) is 2. The molecule has 5 heteroatoms. The Bertz CT molecular complexity index is 723. The molecule has 5 nitrogen and oxygen atoms in total. The Morgan fingerprint density at radius 1 is 1.08 bits per heavy atom. The van der Waals surface area contributed by atoms with Crippen LogP contribution >= 0.6 is 0 Å². The van der Waals surface area contributed by atoms with Crippen molar-refractivity contribution in [3.8, 4) is 5.88 Å². The van der Waals surface area contributed by atoms with Crippen molar-refractivity contribution in [2.45, 2.75) is 33.1 Å². The van der Waals surface area contributed by atoms with Crippen LogP contribution in [0.4, 0.5) is 5.95 Å². The molecule has 1 aliphatic heterocycles. The zero-order valence-corrected chi connectivity index (χ0v) is 16.0. The van der Waals surface area contributed by atoms with Gasteiger partial charge in [0.25, 0.3) is 0 Å². The Kier molecular flexibility index (Phi) is 6.83. The van der Waals surface area contributed by atoms with Crippen LogP contribution in [0.3, 0.4) is 0 Å². The normalized spacial score (nSPS) is 15.8.